The molecule has 0 saturated carbocycles. The van der Waals surface area contributed by atoms with Crippen molar-refractivity contribution in [1.29, 1.82) is 0 Å². The highest BCUT2D eigenvalue weighted by molar-refractivity contribution is 6.48. The molecular weight excluding hydrogens is 338 g/mol. The number of ether oxygens (including phenoxy) is 1. The van der Waals surface area contributed by atoms with Gasteiger partial charge in [-0.05, 0) is 45.2 Å². The van der Waals surface area contributed by atoms with E-state index in [-0.39, 0.29) is 24.4 Å². The second kappa shape index (κ2) is 7.94. The number of carbonyl (C=O) groups is 1. The first-order valence-corrected chi connectivity index (χ1v) is 11.4. The molecule has 7 heteroatoms. The minimum absolute atomic E-state index is 0.0430. The number of rotatable bonds is 5. The molecule has 1 saturated heterocycles. The molecule has 0 spiro atoms. The molecule has 0 aliphatic carbocycles. The van der Waals surface area contributed by atoms with E-state index in [9.17, 15) is 15.0 Å². The Bertz CT molecular complexity index is 457. The number of likely N-dealkylation sites (tertiary alicyclic amines) is 1. The number of nitrogens with zero attached hydrogens (tertiary/aromatic N) is 1. The van der Waals surface area contributed by atoms with Gasteiger partial charge in [-0.15, -0.1) is 0 Å². The van der Waals surface area contributed by atoms with Crippen LogP contribution in [-0.2, 0) is 9.16 Å². The summed E-state index contributed by atoms with van der Waals surface area (Å²) in [5.41, 5.74) is -1.81. The van der Waals surface area contributed by atoms with E-state index in [1.807, 2.05) is 33.9 Å². The molecule has 1 radical (unpaired) electrons. The Morgan fingerprint density at radius 2 is 1.84 bits per heavy atom. The molecule has 2 N–H and O–H groups in total. The first-order chi connectivity index (χ1) is 11.2. The zero-order valence-corrected chi connectivity index (χ0v) is 18.0. The standard InChI is InChI=1S/C18H36NO5Si/c1-16(2,3)13-11-18(24-25(7)8,14(21)9-10-20)19(12-13)15(22)23-17(4,5)6/h13-14,20-21H,9-12H2,1-8H3/t13-,14-,18-/m0/s1. The Morgan fingerprint density at radius 3 is 2.24 bits per heavy atom. The van der Waals surface area contributed by atoms with Crippen molar-refractivity contribution in [3.05, 3.63) is 0 Å². The van der Waals surface area contributed by atoms with Gasteiger partial charge in [0.25, 0.3) is 0 Å². The summed E-state index contributed by atoms with van der Waals surface area (Å²) in [6.45, 7) is 16.1. The van der Waals surface area contributed by atoms with Crippen molar-refractivity contribution in [1.82, 2.24) is 4.90 Å². The Labute approximate surface area is 154 Å². The van der Waals surface area contributed by atoms with Gasteiger partial charge in [-0.3, -0.25) is 4.90 Å². The molecule has 1 aliphatic heterocycles. The highest BCUT2D eigenvalue weighted by Gasteiger charge is 2.56. The third-order valence-electron chi connectivity index (χ3n) is 4.54. The predicted molar refractivity (Wildman–Crippen MR) is 99.5 cm³/mol. The van der Waals surface area contributed by atoms with Gasteiger partial charge < -0.3 is 19.4 Å². The lowest BCUT2D eigenvalue weighted by Crippen LogP contribution is -2.59. The fraction of sp³-hybridized carbons (Fsp3) is 0.944. The smallest absolute Gasteiger partial charge is 0.412 e. The van der Waals surface area contributed by atoms with E-state index in [4.69, 9.17) is 9.16 Å². The lowest BCUT2D eigenvalue weighted by Gasteiger charge is -2.43. The first-order valence-electron chi connectivity index (χ1n) is 9.01. The van der Waals surface area contributed by atoms with Crippen LogP contribution in [0.15, 0.2) is 0 Å². The summed E-state index contributed by atoms with van der Waals surface area (Å²) in [5.74, 6) is 0.162. The molecule has 0 bridgehead atoms. The van der Waals surface area contributed by atoms with Crippen LogP contribution < -0.4 is 0 Å². The summed E-state index contributed by atoms with van der Waals surface area (Å²) in [6, 6.07) is 0. The average molecular weight is 375 g/mol. The van der Waals surface area contributed by atoms with E-state index in [2.05, 4.69) is 20.8 Å². The summed E-state index contributed by atoms with van der Waals surface area (Å²) in [5, 5.41) is 20.2. The summed E-state index contributed by atoms with van der Waals surface area (Å²) in [6.07, 6.45) is -0.741. The second-order valence-electron chi connectivity index (χ2n) is 9.24. The molecule has 1 amide bonds. The highest BCUT2D eigenvalue weighted by atomic mass is 28.3. The van der Waals surface area contributed by atoms with Gasteiger partial charge in [-0.2, -0.15) is 0 Å². The quantitative estimate of drug-likeness (QED) is 0.723. The van der Waals surface area contributed by atoms with Crippen LogP contribution >= 0.6 is 0 Å². The van der Waals surface area contributed by atoms with Crippen LogP contribution in [0, 0.1) is 11.3 Å². The van der Waals surface area contributed by atoms with Gasteiger partial charge in [-0.25, -0.2) is 4.79 Å². The largest absolute Gasteiger partial charge is 0.444 e. The van der Waals surface area contributed by atoms with Crippen molar-refractivity contribution < 1.29 is 24.2 Å². The van der Waals surface area contributed by atoms with E-state index in [1.54, 1.807) is 4.90 Å². The van der Waals surface area contributed by atoms with Gasteiger partial charge in [0.1, 0.15) is 11.7 Å². The van der Waals surface area contributed by atoms with Crippen molar-refractivity contribution in [2.75, 3.05) is 13.2 Å². The zero-order valence-electron chi connectivity index (χ0n) is 17.0. The lowest BCUT2D eigenvalue weighted by molar-refractivity contribution is -0.143. The fourth-order valence-corrected chi connectivity index (χ4v) is 4.25. The molecule has 6 nitrogen and oxygen atoms in total. The summed E-state index contributed by atoms with van der Waals surface area (Å²) in [7, 11) is -1.21. The molecule has 1 rings (SSSR count). The van der Waals surface area contributed by atoms with Crippen LogP contribution in [0.2, 0.25) is 13.1 Å². The van der Waals surface area contributed by atoms with E-state index < -0.39 is 32.6 Å². The van der Waals surface area contributed by atoms with Gasteiger partial charge in [0, 0.05) is 26.0 Å². The van der Waals surface area contributed by atoms with Crippen molar-refractivity contribution >= 4 is 15.1 Å². The molecule has 3 atom stereocenters. The zero-order chi connectivity index (χ0) is 19.6. The Morgan fingerprint density at radius 1 is 1.28 bits per heavy atom. The molecule has 1 fully saturated rings. The summed E-state index contributed by atoms with van der Waals surface area (Å²) >= 11 is 0. The van der Waals surface area contributed by atoms with E-state index >= 15 is 0 Å². The second-order valence-corrected chi connectivity index (χ2v) is 11.3. The number of carbonyl (C=O) groups excluding carboxylic acids is 1. The van der Waals surface area contributed by atoms with Crippen LogP contribution in [0.3, 0.4) is 0 Å². The van der Waals surface area contributed by atoms with Crippen molar-refractivity contribution in [3.8, 4) is 0 Å². The van der Waals surface area contributed by atoms with E-state index in [1.165, 1.54) is 0 Å². The molecule has 147 valence electrons. The summed E-state index contributed by atoms with van der Waals surface area (Å²) in [4.78, 5) is 14.5. The lowest BCUT2D eigenvalue weighted by atomic mass is 9.78. The highest BCUT2D eigenvalue weighted by Crippen LogP contribution is 2.46. The van der Waals surface area contributed by atoms with Gasteiger partial charge in [-0.1, -0.05) is 20.8 Å². The van der Waals surface area contributed by atoms with Crippen molar-refractivity contribution in [2.45, 2.75) is 84.9 Å². The number of hydrogen-bond donors (Lipinski definition) is 2. The third kappa shape index (κ3) is 5.67. The molecular formula is C18H36NO5Si. The predicted octanol–water partition coefficient (Wildman–Crippen LogP) is 3.00. The number of amides is 1. The van der Waals surface area contributed by atoms with Crippen molar-refractivity contribution in [3.63, 3.8) is 0 Å². The van der Waals surface area contributed by atoms with Crippen LogP contribution in [-0.4, -0.2) is 60.8 Å². The minimum Gasteiger partial charge on any atom is -0.444 e. The Balaban J connectivity index is 3.30. The maximum absolute atomic E-state index is 12.9. The molecule has 0 aromatic rings. The normalized spacial score (nSPS) is 26.2. The van der Waals surface area contributed by atoms with Gasteiger partial charge in [0.05, 0.1) is 0 Å². The fourth-order valence-electron chi connectivity index (χ4n) is 3.21. The Hall–Kier alpha value is -0.633. The molecule has 25 heavy (non-hydrogen) atoms. The van der Waals surface area contributed by atoms with Gasteiger partial charge in [0.15, 0.2) is 5.72 Å². The summed E-state index contributed by atoms with van der Waals surface area (Å²) < 4.78 is 11.8. The van der Waals surface area contributed by atoms with E-state index in [0.29, 0.717) is 13.0 Å². The van der Waals surface area contributed by atoms with Gasteiger partial charge >= 0.3 is 6.09 Å². The SMILES string of the molecule is C[Si](C)O[C@]1([C@@H](O)CCO)C[C@H](C(C)(C)C)CN1C(=O)OC(C)(C)C. The molecule has 0 unspecified atom stereocenters. The maximum Gasteiger partial charge on any atom is 0.412 e. The maximum atomic E-state index is 12.9. The Kier molecular flexibility index (Phi) is 7.12. The van der Waals surface area contributed by atoms with Crippen LogP contribution in [0.1, 0.15) is 54.4 Å². The minimum atomic E-state index is -1.21. The average Bonchev–Trinajstić information content (AvgIpc) is 2.77. The molecule has 1 heterocycles. The van der Waals surface area contributed by atoms with Crippen LogP contribution in [0.5, 0.6) is 0 Å². The third-order valence-corrected chi connectivity index (χ3v) is 5.30. The molecule has 1 aliphatic rings. The number of hydrogen-bond acceptors (Lipinski definition) is 5. The topological polar surface area (TPSA) is 79.2 Å². The number of aliphatic hydroxyl groups is 2. The van der Waals surface area contributed by atoms with Crippen molar-refractivity contribution in [2.24, 2.45) is 11.3 Å². The monoisotopic (exact) mass is 374 g/mol. The first kappa shape index (κ1) is 22.4. The van der Waals surface area contributed by atoms with Crippen LogP contribution in [0.25, 0.3) is 0 Å². The molecule has 0 aromatic carbocycles. The number of aliphatic hydroxyl groups excluding tert-OH is 2. The van der Waals surface area contributed by atoms with Gasteiger partial charge in [0.2, 0.25) is 9.04 Å². The van der Waals surface area contributed by atoms with Crippen LogP contribution in [0.4, 0.5) is 4.79 Å². The molecule has 0 aromatic heterocycles. The van der Waals surface area contributed by atoms with E-state index in [0.717, 1.165) is 0 Å².